The second kappa shape index (κ2) is 9.90. The van der Waals surface area contributed by atoms with Gasteiger partial charge in [0.1, 0.15) is 23.8 Å². The summed E-state index contributed by atoms with van der Waals surface area (Å²) in [5, 5.41) is 2.68. The largest absolute Gasteiger partial charge is 0.573 e. The monoisotopic (exact) mass is 448 g/mol. The number of hydrogen-bond donors (Lipinski definition) is 1. The molecule has 10 heteroatoms. The SMILES string of the molecule is COc1ccccc1NC(=O)CN(Cc1ccco1)C(=O)c1ccc(OC(F)(F)F)cc1. The Morgan fingerprint density at radius 2 is 1.75 bits per heavy atom. The molecule has 0 fully saturated rings. The lowest BCUT2D eigenvalue weighted by atomic mass is 10.2. The Bertz CT molecular complexity index is 1050. The first-order valence-electron chi connectivity index (χ1n) is 9.35. The van der Waals surface area contributed by atoms with Crippen molar-refractivity contribution in [1.82, 2.24) is 4.90 Å². The van der Waals surface area contributed by atoms with Gasteiger partial charge in [0.25, 0.3) is 5.91 Å². The van der Waals surface area contributed by atoms with Crippen LogP contribution in [0.4, 0.5) is 18.9 Å². The topological polar surface area (TPSA) is 81.0 Å². The lowest BCUT2D eigenvalue weighted by Gasteiger charge is -2.22. The number of benzene rings is 2. The number of alkyl halides is 3. The van der Waals surface area contributed by atoms with Gasteiger partial charge >= 0.3 is 6.36 Å². The van der Waals surface area contributed by atoms with Crippen molar-refractivity contribution < 1.29 is 36.7 Å². The molecule has 3 rings (SSSR count). The summed E-state index contributed by atoms with van der Waals surface area (Å²) in [5.41, 5.74) is 0.509. The molecular formula is C22H19F3N2O5. The normalized spacial score (nSPS) is 11.0. The van der Waals surface area contributed by atoms with E-state index in [2.05, 4.69) is 10.1 Å². The van der Waals surface area contributed by atoms with Gasteiger partial charge in [-0.3, -0.25) is 9.59 Å². The van der Waals surface area contributed by atoms with Crippen molar-refractivity contribution in [1.29, 1.82) is 0 Å². The number of rotatable bonds is 8. The highest BCUT2D eigenvalue weighted by Crippen LogP contribution is 2.24. The van der Waals surface area contributed by atoms with Crippen LogP contribution in [0.2, 0.25) is 0 Å². The van der Waals surface area contributed by atoms with Crippen molar-refractivity contribution in [2.24, 2.45) is 0 Å². The molecule has 168 valence electrons. The minimum absolute atomic E-state index is 0.0218. The van der Waals surface area contributed by atoms with E-state index in [1.807, 2.05) is 0 Å². The van der Waals surface area contributed by atoms with Crippen LogP contribution in [0.1, 0.15) is 16.1 Å². The van der Waals surface area contributed by atoms with E-state index in [-0.39, 0.29) is 18.7 Å². The number of nitrogens with one attached hydrogen (secondary N) is 1. The molecular weight excluding hydrogens is 429 g/mol. The molecule has 1 N–H and O–H groups in total. The zero-order valence-electron chi connectivity index (χ0n) is 16.9. The van der Waals surface area contributed by atoms with Crippen LogP contribution in [0.25, 0.3) is 0 Å². The summed E-state index contributed by atoms with van der Waals surface area (Å²) in [6.45, 7) is -0.357. The van der Waals surface area contributed by atoms with Gasteiger partial charge in [0.15, 0.2) is 0 Å². The first kappa shape index (κ1) is 22.7. The second-order valence-electron chi connectivity index (χ2n) is 6.56. The zero-order valence-corrected chi connectivity index (χ0v) is 16.9. The third-order valence-corrected chi connectivity index (χ3v) is 4.26. The Labute approximate surface area is 181 Å². The second-order valence-corrected chi connectivity index (χ2v) is 6.56. The zero-order chi connectivity index (χ0) is 23.1. The highest BCUT2D eigenvalue weighted by molar-refractivity contribution is 5.99. The number of furan rings is 1. The van der Waals surface area contributed by atoms with Crippen molar-refractivity contribution in [3.8, 4) is 11.5 Å². The molecule has 7 nitrogen and oxygen atoms in total. The molecule has 0 aliphatic heterocycles. The van der Waals surface area contributed by atoms with Gasteiger partial charge in [-0.25, -0.2) is 0 Å². The van der Waals surface area contributed by atoms with Crippen LogP contribution in [0, 0.1) is 0 Å². The third-order valence-electron chi connectivity index (χ3n) is 4.26. The molecule has 32 heavy (non-hydrogen) atoms. The van der Waals surface area contributed by atoms with Gasteiger partial charge in [0.2, 0.25) is 5.91 Å². The fourth-order valence-electron chi connectivity index (χ4n) is 2.88. The maximum absolute atomic E-state index is 13.0. The summed E-state index contributed by atoms with van der Waals surface area (Å²) < 4.78 is 51.4. The number of carbonyl (C=O) groups is 2. The number of carbonyl (C=O) groups excluding carboxylic acids is 2. The molecule has 0 unspecified atom stereocenters. The average Bonchev–Trinajstić information content (AvgIpc) is 3.26. The average molecular weight is 448 g/mol. The molecule has 0 saturated heterocycles. The Morgan fingerprint density at radius 1 is 1.03 bits per heavy atom. The van der Waals surface area contributed by atoms with Crippen molar-refractivity contribution in [3.05, 3.63) is 78.3 Å². The predicted octanol–water partition coefficient (Wildman–Crippen LogP) is 4.47. The number of halogens is 3. The van der Waals surface area contributed by atoms with Gasteiger partial charge in [0, 0.05) is 5.56 Å². The number of hydrogen-bond acceptors (Lipinski definition) is 5. The van der Waals surface area contributed by atoms with Crippen LogP contribution in [0.3, 0.4) is 0 Å². The van der Waals surface area contributed by atoms with E-state index in [0.717, 1.165) is 12.1 Å². The highest BCUT2D eigenvalue weighted by atomic mass is 19.4. The van der Waals surface area contributed by atoms with Crippen molar-refractivity contribution in [2.45, 2.75) is 12.9 Å². The Morgan fingerprint density at radius 3 is 2.38 bits per heavy atom. The van der Waals surface area contributed by atoms with Crippen LogP contribution in [0.5, 0.6) is 11.5 Å². The van der Waals surface area contributed by atoms with Crippen LogP contribution < -0.4 is 14.8 Å². The molecule has 3 aromatic rings. The fraction of sp³-hybridized carbons (Fsp3) is 0.182. The van der Waals surface area contributed by atoms with Crippen LogP contribution in [0.15, 0.2) is 71.3 Å². The molecule has 0 aliphatic rings. The van der Waals surface area contributed by atoms with E-state index >= 15 is 0 Å². The van der Waals surface area contributed by atoms with Crippen molar-refractivity contribution in [2.75, 3.05) is 19.0 Å². The first-order valence-corrected chi connectivity index (χ1v) is 9.35. The highest BCUT2D eigenvalue weighted by Gasteiger charge is 2.31. The standard InChI is InChI=1S/C22H19F3N2O5/c1-30-19-7-3-2-6-18(19)26-20(28)14-27(13-17-5-4-12-31-17)21(29)15-8-10-16(11-9-15)32-22(23,24)25/h2-12H,13-14H2,1H3,(H,26,28). The molecule has 2 amide bonds. The Kier molecular flexibility index (Phi) is 7.04. The van der Waals surface area contributed by atoms with Crippen LogP contribution in [-0.4, -0.2) is 36.7 Å². The maximum atomic E-state index is 13.0. The van der Waals surface area contributed by atoms with Crippen molar-refractivity contribution >= 4 is 17.5 Å². The molecule has 0 radical (unpaired) electrons. The van der Waals surface area contributed by atoms with E-state index in [4.69, 9.17) is 9.15 Å². The van der Waals surface area contributed by atoms with Gasteiger partial charge in [-0.05, 0) is 48.5 Å². The molecule has 2 aromatic carbocycles. The molecule has 1 aromatic heterocycles. The van der Waals surface area contributed by atoms with E-state index < -0.39 is 23.9 Å². The maximum Gasteiger partial charge on any atom is 0.573 e. The third kappa shape index (κ3) is 6.27. The number of methoxy groups -OCH3 is 1. The number of anilines is 1. The molecule has 0 aliphatic carbocycles. The first-order chi connectivity index (χ1) is 15.2. The van der Waals surface area contributed by atoms with E-state index in [1.165, 1.54) is 30.4 Å². The molecule has 1 heterocycles. The molecule has 0 bridgehead atoms. The smallest absolute Gasteiger partial charge is 0.495 e. The minimum atomic E-state index is -4.84. The summed E-state index contributed by atoms with van der Waals surface area (Å²) >= 11 is 0. The van der Waals surface area contributed by atoms with Gasteiger partial charge in [-0.2, -0.15) is 0 Å². The quantitative estimate of drug-likeness (QED) is 0.550. The van der Waals surface area contributed by atoms with Crippen LogP contribution in [-0.2, 0) is 11.3 Å². The minimum Gasteiger partial charge on any atom is -0.495 e. The van der Waals surface area contributed by atoms with Crippen LogP contribution >= 0.6 is 0 Å². The van der Waals surface area contributed by atoms with E-state index in [1.54, 1.807) is 36.4 Å². The van der Waals surface area contributed by atoms with Gasteiger partial charge in [-0.1, -0.05) is 12.1 Å². The van der Waals surface area contributed by atoms with Gasteiger partial charge in [0.05, 0.1) is 25.6 Å². The molecule has 0 atom stereocenters. The summed E-state index contributed by atoms with van der Waals surface area (Å²) in [7, 11) is 1.46. The van der Waals surface area contributed by atoms with Gasteiger partial charge in [-0.15, -0.1) is 13.2 Å². The lowest BCUT2D eigenvalue weighted by Crippen LogP contribution is -2.37. The molecule has 0 spiro atoms. The summed E-state index contributed by atoms with van der Waals surface area (Å²) in [6.07, 6.45) is -3.41. The predicted molar refractivity (Wildman–Crippen MR) is 108 cm³/mol. The summed E-state index contributed by atoms with van der Waals surface area (Å²) in [5.74, 6) is -0.646. The number of amides is 2. The van der Waals surface area contributed by atoms with Crippen molar-refractivity contribution in [3.63, 3.8) is 0 Å². The number of ether oxygens (including phenoxy) is 2. The Balaban J connectivity index is 1.76. The summed E-state index contributed by atoms with van der Waals surface area (Å²) in [6, 6.07) is 14.5. The Hall–Kier alpha value is -3.95. The van der Waals surface area contributed by atoms with E-state index in [9.17, 15) is 22.8 Å². The number of nitrogens with zero attached hydrogens (tertiary/aromatic N) is 1. The number of para-hydroxylation sites is 2. The summed E-state index contributed by atoms with van der Waals surface area (Å²) in [4.78, 5) is 26.8. The van der Waals surface area contributed by atoms with Gasteiger partial charge < -0.3 is 24.1 Å². The lowest BCUT2D eigenvalue weighted by molar-refractivity contribution is -0.274. The van der Waals surface area contributed by atoms with E-state index in [0.29, 0.717) is 17.2 Å². The fourth-order valence-corrected chi connectivity index (χ4v) is 2.88. The molecule has 0 saturated carbocycles.